The first kappa shape index (κ1) is 21.2. The van der Waals surface area contributed by atoms with Crippen molar-refractivity contribution in [2.24, 2.45) is 0 Å². The molecule has 0 bridgehead atoms. The lowest BCUT2D eigenvalue weighted by Crippen LogP contribution is -1.98. The van der Waals surface area contributed by atoms with E-state index in [4.69, 9.17) is 0 Å². The van der Waals surface area contributed by atoms with E-state index in [1.807, 2.05) is 64.2 Å². The fraction of sp³-hybridized carbons (Fsp3) is 0. The Morgan fingerprint density at radius 1 is 0.655 bits per heavy atom. The van der Waals surface area contributed by atoms with Gasteiger partial charge in [0, 0.05) is 44.3 Å². The third-order valence-corrected chi connectivity index (χ3v) is 4.90. The van der Waals surface area contributed by atoms with E-state index in [9.17, 15) is 0 Å². The van der Waals surface area contributed by atoms with Gasteiger partial charge in [-0.25, -0.2) is 9.36 Å². The Kier molecular flexibility index (Phi) is 8.43. The number of hydrogen-bond donors (Lipinski definition) is 1. The van der Waals surface area contributed by atoms with Gasteiger partial charge in [-0.2, -0.15) is 15.3 Å². The molecule has 3 heterocycles. The van der Waals surface area contributed by atoms with Gasteiger partial charge in [-0.1, -0.05) is 12.1 Å². The van der Waals surface area contributed by atoms with Crippen LogP contribution in [0.1, 0.15) is 0 Å². The maximum atomic E-state index is 4.20. The van der Waals surface area contributed by atoms with E-state index in [1.165, 1.54) is 7.14 Å². The predicted octanol–water partition coefficient (Wildman–Crippen LogP) is 5.36. The largest absolute Gasteiger partial charge is 0.286 e. The van der Waals surface area contributed by atoms with Gasteiger partial charge in [0.05, 0.1) is 11.4 Å². The smallest absolute Gasteiger partial charge is 0.0667 e. The molecule has 0 fully saturated rings. The van der Waals surface area contributed by atoms with Crippen molar-refractivity contribution in [2.75, 3.05) is 0 Å². The number of aromatic amines is 1. The molecular formula is C21H18I2N6. The molecule has 0 unspecified atom stereocenters. The van der Waals surface area contributed by atoms with Crippen LogP contribution in [0.4, 0.5) is 0 Å². The monoisotopic (exact) mass is 608 g/mol. The summed E-state index contributed by atoms with van der Waals surface area (Å²) in [5.74, 6) is 0. The van der Waals surface area contributed by atoms with Crippen LogP contribution in [0.15, 0.2) is 104 Å². The molecule has 5 rings (SSSR count). The van der Waals surface area contributed by atoms with E-state index in [0.717, 1.165) is 11.4 Å². The van der Waals surface area contributed by atoms with Gasteiger partial charge in [0.15, 0.2) is 0 Å². The summed E-state index contributed by atoms with van der Waals surface area (Å²) in [6.45, 7) is 0. The Morgan fingerprint density at radius 3 is 1.59 bits per heavy atom. The zero-order valence-corrected chi connectivity index (χ0v) is 19.6. The highest BCUT2D eigenvalue weighted by Gasteiger charge is 1.99. The van der Waals surface area contributed by atoms with Crippen molar-refractivity contribution in [3.8, 4) is 11.4 Å². The van der Waals surface area contributed by atoms with Crippen LogP contribution in [0.25, 0.3) is 11.4 Å². The second-order valence-electron chi connectivity index (χ2n) is 5.63. The Hall–Kier alpha value is -2.47. The van der Waals surface area contributed by atoms with Gasteiger partial charge in [0.25, 0.3) is 0 Å². The van der Waals surface area contributed by atoms with Crippen LogP contribution in [-0.2, 0) is 0 Å². The van der Waals surface area contributed by atoms with Crippen molar-refractivity contribution in [2.45, 2.75) is 0 Å². The molecule has 0 aliphatic carbocycles. The van der Waals surface area contributed by atoms with E-state index in [0.29, 0.717) is 0 Å². The standard InChI is InChI=1S/C12H10N4.C6H4I2.C3H4N2/c1-4-11(15-8-2-6-13-15)10-12(5-1)16-9-3-7-14-16;7-5-2-1-3-6(8)4-5;1-2-4-5-3-1/h1-10H;1-4H;1-3H,(H,4,5). The summed E-state index contributed by atoms with van der Waals surface area (Å²) in [5, 5.41) is 14.6. The van der Waals surface area contributed by atoms with Gasteiger partial charge in [-0.05, 0) is 99.8 Å². The summed E-state index contributed by atoms with van der Waals surface area (Å²) >= 11 is 4.60. The average molecular weight is 608 g/mol. The first-order valence-corrected chi connectivity index (χ1v) is 10.8. The Labute approximate surface area is 196 Å². The van der Waals surface area contributed by atoms with E-state index >= 15 is 0 Å². The molecule has 0 saturated heterocycles. The van der Waals surface area contributed by atoms with Gasteiger partial charge in [0.2, 0.25) is 0 Å². The highest BCUT2D eigenvalue weighted by molar-refractivity contribution is 14.1. The molecular weight excluding hydrogens is 590 g/mol. The number of rotatable bonds is 2. The zero-order chi connectivity index (χ0) is 20.3. The molecule has 146 valence electrons. The molecule has 8 heteroatoms. The number of H-pyrrole nitrogens is 1. The van der Waals surface area contributed by atoms with Crippen molar-refractivity contribution in [3.05, 3.63) is 111 Å². The van der Waals surface area contributed by atoms with Crippen LogP contribution in [0, 0.1) is 7.14 Å². The molecule has 0 spiro atoms. The lowest BCUT2D eigenvalue weighted by Gasteiger charge is -2.05. The molecule has 0 aliphatic heterocycles. The number of nitrogens with one attached hydrogen (secondary N) is 1. The van der Waals surface area contributed by atoms with Crippen molar-refractivity contribution in [1.82, 2.24) is 29.8 Å². The lowest BCUT2D eigenvalue weighted by molar-refractivity contribution is 0.856. The van der Waals surface area contributed by atoms with E-state index in [1.54, 1.807) is 24.8 Å². The molecule has 0 aliphatic rings. The minimum atomic E-state index is 1.03. The van der Waals surface area contributed by atoms with Crippen LogP contribution >= 0.6 is 45.2 Å². The molecule has 0 atom stereocenters. The van der Waals surface area contributed by atoms with Crippen molar-refractivity contribution in [1.29, 1.82) is 0 Å². The van der Waals surface area contributed by atoms with Gasteiger partial charge < -0.3 is 0 Å². The van der Waals surface area contributed by atoms with Crippen LogP contribution in [0.5, 0.6) is 0 Å². The summed E-state index contributed by atoms with van der Waals surface area (Å²) in [4.78, 5) is 0. The predicted molar refractivity (Wildman–Crippen MR) is 131 cm³/mol. The zero-order valence-electron chi connectivity index (χ0n) is 15.3. The number of benzene rings is 2. The highest BCUT2D eigenvalue weighted by atomic mass is 127. The molecule has 5 aromatic rings. The number of hydrogen-bond acceptors (Lipinski definition) is 3. The van der Waals surface area contributed by atoms with Gasteiger partial charge in [-0.3, -0.25) is 5.10 Å². The molecule has 0 radical (unpaired) electrons. The first-order valence-electron chi connectivity index (χ1n) is 8.67. The summed E-state index contributed by atoms with van der Waals surface area (Å²) in [6, 6.07) is 22.1. The highest BCUT2D eigenvalue weighted by Crippen LogP contribution is 2.12. The lowest BCUT2D eigenvalue weighted by atomic mass is 10.3. The summed E-state index contributed by atoms with van der Waals surface area (Å²) in [7, 11) is 0. The van der Waals surface area contributed by atoms with Crippen LogP contribution in [0.3, 0.4) is 0 Å². The molecule has 3 aromatic heterocycles. The third kappa shape index (κ3) is 7.13. The topological polar surface area (TPSA) is 64.3 Å². The van der Waals surface area contributed by atoms with Crippen molar-refractivity contribution in [3.63, 3.8) is 0 Å². The first-order chi connectivity index (χ1) is 14.2. The Morgan fingerprint density at radius 2 is 1.24 bits per heavy atom. The number of aromatic nitrogens is 6. The molecule has 29 heavy (non-hydrogen) atoms. The SMILES string of the molecule is Ic1cccc(I)c1.c1cc(-n2cccn2)cc(-n2cccn2)c1.c1cn[nH]c1. The van der Waals surface area contributed by atoms with Crippen molar-refractivity contribution < 1.29 is 0 Å². The van der Waals surface area contributed by atoms with Crippen LogP contribution < -0.4 is 0 Å². The summed E-state index contributed by atoms with van der Waals surface area (Å²) < 4.78 is 6.25. The fourth-order valence-electron chi connectivity index (χ4n) is 2.30. The molecule has 0 amide bonds. The minimum absolute atomic E-state index is 1.03. The maximum absolute atomic E-state index is 4.20. The van der Waals surface area contributed by atoms with E-state index < -0.39 is 0 Å². The number of nitrogens with zero attached hydrogens (tertiary/aromatic N) is 5. The normalized spacial score (nSPS) is 9.72. The second kappa shape index (κ2) is 11.5. The van der Waals surface area contributed by atoms with Gasteiger partial charge in [0.1, 0.15) is 0 Å². The molecule has 1 N–H and O–H groups in total. The average Bonchev–Trinajstić information content (AvgIpc) is 3.54. The summed E-state index contributed by atoms with van der Waals surface area (Å²) in [5.41, 5.74) is 2.05. The number of halogens is 2. The van der Waals surface area contributed by atoms with Gasteiger partial charge in [-0.15, -0.1) is 0 Å². The van der Waals surface area contributed by atoms with Gasteiger partial charge >= 0.3 is 0 Å². The summed E-state index contributed by atoms with van der Waals surface area (Å²) in [6.07, 6.45) is 10.8. The van der Waals surface area contributed by atoms with Crippen molar-refractivity contribution >= 4 is 45.2 Å². The minimum Gasteiger partial charge on any atom is -0.286 e. The second-order valence-corrected chi connectivity index (χ2v) is 8.12. The Bertz CT molecular complexity index is 990. The quantitative estimate of drug-likeness (QED) is 0.275. The molecule has 2 aromatic carbocycles. The maximum Gasteiger partial charge on any atom is 0.0667 e. The van der Waals surface area contributed by atoms with Crippen LogP contribution in [0.2, 0.25) is 0 Å². The van der Waals surface area contributed by atoms with E-state index in [-0.39, 0.29) is 0 Å². The molecule has 0 saturated carbocycles. The van der Waals surface area contributed by atoms with Crippen LogP contribution in [-0.4, -0.2) is 29.8 Å². The molecule has 6 nitrogen and oxygen atoms in total. The fourth-order valence-corrected chi connectivity index (χ4v) is 3.98. The Balaban J connectivity index is 0.000000153. The van der Waals surface area contributed by atoms with E-state index in [2.05, 4.69) is 89.8 Å². The third-order valence-electron chi connectivity index (χ3n) is 3.56.